The number of rotatable bonds is 8. The van der Waals surface area contributed by atoms with Crippen molar-refractivity contribution >= 4 is 44.1 Å². The average Bonchev–Trinajstić information content (AvgIpc) is 3.17. The highest BCUT2D eigenvalue weighted by Crippen LogP contribution is 2.23. The molecule has 4 N–H and O–H groups in total. The van der Waals surface area contributed by atoms with E-state index in [0.717, 1.165) is 27.2 Å². The van der Waals surface area contributed by atoms with Crippen LogP contribution in [0, 0.1) is 0 Å². The number of halogens is 1. The SMILES string of the molecule is C[C@H](CNCC(O)c1c[nH]c2cnccc12)NS(=O)(=O)c1ccc2cnccc2c1.Cl. The smallest absolute Gasteiger partial charge is 0.240 e. The minimum atomic E-state index is -3.66. The Kier molecular flexibility index (Phi) is 7.24. The van der Waals surface area contributed by atoms with Gasteiger partial charge in [-0.15, -0.1) is 12.4 Å². The van der Waals surface area contributed by atoms with E-state index in [1.807, 2.05) is 6.07 Å². The van der Waals surface area contributed by atoms with Gasteiger partial charge >= 0.3 is 0 Å². The van der Waals surface area contributed by atoms with Crippen LogP contribution in [0.4, 0.5) is 0 Å². The Labute approximate surface area is 186 Å². The van der Waals surface area contributed by atoms with Gasteiger partial charge in [-0.2, -0.15) is 0 Å². The van der Waals surface area contributed by atoms with Gasteiger partial charge in [0.2, 0.25) is 10.0 Å². The van der Waals surface area contributed by atoms with Crippen molar-refractivity contribution in [2.24, 2.45) is 0 Å². The van der Waals surface area contributed by atoms with Crippen LogP contribution in [0.1, 0.15) is 18.6 Å². The molecule has 4 aromatic rings. The maximum absolute atomic E-state index is 12.7. The van der Waals surface area contributed by atoms with E-state index in [0.29, 0.717) is 13.1 Å². The molecule has 3 heterocycles. The predicted octanol–water partition coefficient (Wildman–Crippen LogP) is 2.52. The first-order valence-electron chi connectivity index (χ1n) is 9.60. The van der Waals surface area contributed by atoms with E-state index in [1.54, 1.807) is 62.2 Å². The topological polar surface area (TPSA) is 120 Å². The largest absolute Gasteiger partial charge is 0.387 e. The number of hydrogen-bond acceptors (Lipinski definition) is 6. The summed E-state index contributed by atoms with van der Waals surface area (Å²) in [5.41, 5.74) is 1.64. The Morgan fingerprint density at radius 2 is 1.84 bits per heavy atom. The fraction of sp³-hybridized carbons (Fsp3) is 0.238. The summed E-state index contributed by atoms with van der Waals surface area (Å²) in [4.78, 5) is 11.4. The first-order chi connectivity index (χ1) is 14.4. The monoisotopic (exact) mass is 461 g/mol. The van der Waals surface area contributed by atoms with Gasteiger partial charge in [-0.25, -0.2) is 13.1 Å². The molecule has 0 aliphatic heterocycles. The Morgan fingerprint density at radius 3 is 2.68 bits per heavy atom. The zero-order valence-corrected chi connectivity index (χ0v) is 18.5. The molecule has 0 amide bonds. The maximum atomic E-state index is 12.7. The van der Waals surface area contributed by atoms with Gasteiger partial charge in [0.05, 0.1) is 22.7 Å². The maximum Gasteiger partial charge on any atom is 0.240 e. The standard InChI is InChI=1S/C21H23N5O3S.ClH/c1-14(9-24-13-21(27)19-11-25-20-12-23-7-5-18(19)20)26-30(28,29)17-3-2-16-10-22-6-4-15(16)8-17;/h2-8,10-12,14,21,24-27H,9,13H2,1H3;1H/t14-,21?;/m1./s1. The molecular weight excluding hydrogens is 438 g/mol. The van der Waals surface area contributed by atoms with Crippen molar-refractivity contribution in [2.45, 2.75) is 24.0 Å². The lowest BCUT2D eigenvalue weighted by Gasteiger charge is -2.17. The van der Waals surface area contributed by atoms with Crippen LogP contribution >= 0.6 is 12.4 Å². The van der Waals surface area contributed by atoms with Crippen LogP contribution in [0.3, 0.4) is 0 Å². The summed E-state index contributed by atoms with van der Waals surface area (Å²) >= 11 is 0. The van der Waals surface area contributed by atoms with E-state index in [1.165, 1.54) is 0 Å². The molecule has 1 aromatic carbocycles. The number of pyridine rings is 2. The number of fused-ring (bicyclic) bond motifs is 2. The fourth-order valence-corrected chi connectivity index (χ4v) is 4.70. The number of sulfonamides is 1. The Morgan fingerprint density at radius 1 is 1.06 bits per heavy atom. The van der Waals surface area contributed by atoms with Gasteiger partial charge in [-0.1, -0.05) is 6.07 Å². The third-order valence-corrected chi connectivity index (χ3v) is 6.53. The number of benzene rings is 1. The second-order valence-electron chi connectivity index (χ2n) is 7.25. The number of nitrogens with zero attached hydrogens (tertiary/aromatic N) is 2. The minimum absolute atomic E-state index is 0. The summed E-state index contributed by atoms with van der Waals surface area (Å²) in [5.74, 6) is 0. The lowest BCUT2D eigenvalue weighted by molar-refractivity contribution is 0.175. The molecule has 0 aliphatic rings. The summed E-state index contributed by atoms with van der Waals surface area (Å²) in [7, 11) is -3.66. The van der Waals surface area contributed by atoms with Crippen molar-refractivity contribution in [3.05, 3.63) is 66.9 Å². The van der Waals surface area contributed by atoms with E-state index in [9.17, 15) is 13.5 Å². The lowest BCUT2D eigenvalue weighted by atomic mass is 10.1. The first kappa shape index (κ1) is 23.1. The van der Waals surface area contributed by atoms with E-state index >= 15 is 0 Å². The van der Waals surface area contributed by atoms with Gasteiger partial charge in [0, 0.05) is 60.3 Å². The van der Waals surface area contributed by atoms with Crippen molar-refractivity contribution in [3.8, 4) is 0 Å². The minimum Gasteiger partial charge on any atom is -0.387 e. The molecule has 31 heavy (non-hydrogen) atoms. The molecule has 10 heteroatoms. The molecule has 4 rings (SSSR count). The van der Waals surface area contributed by atoms with E-state index in [4.69, 9.17) is 0 Å². The van der Waals surface area contributed by atoms with Gasteiger partial charge in [-0.05, 0) is 36.6 Å². The second-order valence-corrected chi connectivity index (χ2v) is 8.96. The number of nitrogens with one attached hydrogen (secondary N) is 3. The van der Waals surface area contributed by atoms with E-state index < -0.39 is 16.1 Å². The molecule has 0 radical (unpaired) electrons. The number of hydrogen-bond donors (Lipinski definition) is 4. The number of H-pyrrole nitrogens is 1. The number of aromatic amines is 1. The lowest BCUT2D eigenvalue weighted by Crippen LogP contribution is -2.40. The van der Waals surface area contributed by atoms with E-state index in [-0.39, 0.29) is 23.3 Å². The van der Waals surface area contributed by atoms with Gasteiger partial charge in [0.25, 0.3) is 0 Å². The average molecular weight is 462 g/mol. The third-order valence-electron chi connectivity index (χ3n) is 4.94. The summed E-state index contributed by atoms with van der Waals surface area (Å²) in [6.07, 6.45) is 7.76. The van der Waals surface area contributed by atoms with Crippen molar-refractivity contribution in [1.29, 1.82) is 0 Å². The van der Waals surface area contributed by atoms with Crippen molar-refractivity contribution in [1.82, 2.24) is 25.0 Å². The summed E-state index contributed by atoms with van der Waals surface area (Å²) in [5, 5.41) is 16.2. The normalized spacial score (nSPS) is 13.7. The molecule has 0 saturated carbocycles. The van der Waals surface area contributed by atoms with Crippen LogP contribution < -0.4 is 10.0 Å². The summed E-state index contributed by atoms with van der Waals surface area (Å²) in [6, 6.07) is 8.22. The van der Waals surface area contributed by atoms with Gasteiger partial charge in [0.1, 0.15) is 0 Å². The summed E-state index contributed by atoms with van der Waals surface area (Å²) < 4.78 is 28.1. The van der Waals surface area contributed by atoms with Gasteiger partial charge in [0.15, 0.2) is 0 Å². The van der Waals surface area contributed by atoms with Crippen molar-refractivity contribution in [3.63, 3.8) is 0 Å². The zero-order chi connectivity index (χ0) is 21.1. The molecule has 8 nitrogen and oxygen atoms in total. The molecule has 0 spiro atoms. The van der Waals surface area contributed by atoms with Crippen LogP contribution in [0.25, 0.3) is 21.7 Å². The molecule has 0 aliphatic carbocycles. The highest BCUT2D eigenvalue weighted by atomic mass is 35.5. The molecule has 2 atom stereocenters. The predicted molar refractivity (Wildman–Crippen MR) is 123 cm³/mol. The quantitative estimate of drug-likeness (QED) is 0.320. The van der Waals surface area contributed by atoms with Crippen LogP contribution in [0.5, 0.6) is 0 Å². The number of aliphatic hydroxyl groups excluding tert-OH is 1. The fourth-order valence-electron chi connectivity index (χ4n) is 3.42. The molecular formula is C21H24ClN5O3S. The van der Waals surface area contributed by atoms with E-state index in [2.05, 4.69) is 25.0 Å². The molecule has 0 saturated heterocycles. The van der Waals surface area contributed by atoms with Crippen molar-refractivity contribution < 1.29 is 13.5 Å². The Balaban J connectivity index is 0.00000272. The molecule has 164 valence electrons. The van der Waals surface area contributed by atoms with Crippen LogP contribution in [-0.2, 0) is 10.0 Å². The van der Waals surface area contributed by atoms with Crippen LogP contribution in [-0.4, -0.2) is 47.6 Å². The third kappa shape index (κ3) is 5.20. The zero-order valence-electron chi connectivity index (χ0n) is 16.8. The Hall–Kier alpha value is -2.56. The highest BCUT2D eigenvalue weighted by molar-refractivity contribution is 7.89. The van der Waals surface area contributed by atoms with Gasteiger partial charge in [-0.3, -0.25) is 9.97 Å². The first-order valence-corrected chi connectivity index (χ1v) is 11.1. The second kappa shape index (κ2) is 9.71. The van der Waals surface area contributed by atoms with Gasteiger partial charge < -0.3 is 15.4 Å². The molecule has 1 unspecified atom stereocenters. The number of aliphatic hydroxyl groups is 1. The van der Waals surface area contributed by atoms with Crippen LogP contribution in [0.2, 0.25) is 0 Å². The number of aromatic nitrogens is 3. The molecule has 0 bridgehead atoms. The summed E-state index contributed by atoms with van der Waals surface area (Å²) in [6.45, 7) is 2.45. The molecule has 3 aromatic heterocycles. The highest BCUT2D eigenvalue weighted by Gasteiger charge is 2.18. The molecule has 0 fully saturated rings. The Bertz CT molecular complexity index is 1280. The van der Waals surface area contributed by atoms with Crippen molar-refractivity contribution in [2.75, 3.05) is 13.1 Å². The van der Waals surface area contributed by atoms with Crippen LogP contribution in [0.15, 0.2) is 66.2 Å².